The van der Waals surface area contributed by atoms with Crippen LogP contribution in [0.3, 0.4) is 0 Å². The number of likely N-dealkylation sites (tertiary alicyclic amines) is 2. The number of carbonyl (C=O) groups is 2. The maximum atomic E-state index is 12.5. The number of amides is 2. The molecule has 0 aliphatic carbocycles. The van der Waals surface area contributed by atoms with E-state index in [1.54, 1.807) is 0 Å². The van der Waals surface area contributed by atoms with E-state index in [0.717, 1.165) is 25.8 Å². The van der Waals surface area contributed by atoms with Crippen molar-refractivity contribution in [1.29, 1.82) is 0 Å². The van der Waals surface area contributed by atoms with Gasteiger partial charge in [0, 0.05) is 32.6 Å². The molecule has 0 saturated carbocycles. The van der Waals surface area contributed by atoms with Crippen LogP contribution in [0.2, 0.25) is 0 Å². The summed E-state index contributed by atoms with van der Waals surface area (Å²) in [4.78, 5) is 26.9. The van der Waals surface area contributed by atoms with Crippen LogP contribution in [0.25, 0.3) is 0 Å². The molecule has 0 aromatic rings. The van der Waals surface area contributed by atoms with Crippen LogP contribution in [-0.2, 0) is 9.53 Å². The molecular formula is C14H22N2O4. The van der Waals surface area contributed by atoms with Crippen molar-refractivity contribution in [3.8, 4) is 0 Å². The van der Waals surface area contributed by atoms with Gasteiger partial charge < -0.3 is 19.6 Å². The Hall–Kier alpha value is -1.30. The van der Waals surface area contributed by atoms with Crippen LogP contribution in [-0.4, -0.2) is 65.3 Å². The van der Waals surface area contributed by atoms with Gasteiger partial charge in [0.05, 0.1) is 12.2 Å². The third-order valence-electron chi connectivity index (χ3n) is 4.64. The van der Waals surface area contributed by atoms with E-state index >= 15 is 0 Å². The van der Waals surface area contributed by atoms with E-state index in [2.05, 4.69) is 0 Å². The van der Waals surface area contributed by atoms with Crippen molar-refractivity contribution in [2.24, 2.45) is 5.92 Å². The summed E-state index contributed by atoms with van der Waals surface area (Å²) in [7, 11) is 0. The number of hydrogen-bond donors (Lipinski definition) is 1. The number of ether oxygens (including phenoxy) is 1. The Labute approximate surface area is 118 Å². The van der Waals surface area contributed by atoms with Crippen LogP contribution in [0.1, 0.15) is 32.1 Å². The largest absolute Gasteiger partial charge is 0.481 e. The molecule has 3 fully saturated rings. The fourth-order valence-corrected chi connectivity index (χ4v) is 3.54. The summed E-state index contributed by atoms with van der Waals surface area (Å²) in [6.07, 6.45) is 4.38. The third-order valence-corrected chi connectivity index (χ3v) is 4.64. The minimum atomic E-state index is -0.750. The van der Waals surface area contributed by atoms with Crippen LogP contribution in [0.5, 0.6) is 0 Å². The first kappa shape index (κ1) is 13.7. The predicted molar refractivity (Wildman–Crippen MR) is 71.4 cm³/mol. The van der Waals surface area contributed by atoms with Gasteiger partial charge >= 0.3 is 12.0 Å². The molecule has 3 unspecified atom stereocenters. The topological polar surface area (TPSA) is 70.1 Å². The van der Waals surface area contributed by atoms with E-state index in [9.17, 15) is 9.59 Å². The molecule has 0 spiro atoms. The molecule has 3 rings (SSSR count). The second kappa shape index (κ2) is 5.60. The Balaban J connectivity index is 1.50. The summed E-state index contributed by atoms with van der Waals surface area (Å²) in [6.45, 7) is 2.89. The van der Waals surface area contributed by atoms with E-state index in [1.807, 2.05) is 9.80 Å². The van der Waals surface area contributed by atoms with Gasteiger partial charge in [-0.2, -0.15) is 0 Å². The molecule has 20 heavy (non-hydrogen) atoms. The summed E-state index contributed by atoms with van der Waals surface area (Å²) in [5.74, 6) is -0.410. The van der Waals surface area contributed by atoms with Crippen LogP contribution in [0.15, 0.2) is 0 Å². The lowest BCUT2D eigenvalue weighted by molar-refractivity contribution is -0.137. The molecule has 112 valence electrons. The second-order valence-electron chi connectivity index (χ2n) is 6.18. The van der Waals surface area contributed by atoms with Crippen LogP contribution in [0.4, 0.5) is 4.79 Å². The van der Waals surface area contributed by atoms with Gasteiger partial charge in [0.1, 0.15) is 0 Å². The number of carboxylic acids is 1. The van der Waals surface area contributed by atoms with Crippen molar-refractivity contribution >= 4 is 12.0 Å². The first-order chi connectivity index (χ1) is 9.61. The van der Waals surface area contributed by atoms with Gasteiger partial charge in [0.15, 0.2) is 0 Å². The number of carboxylic acid groups (broad SMARTS) is 1. The van der Waals surface area contributed by atoms with Crippen LogP contribution in [0, 0.1) is 5.92 Å². The first-order valence-corrected chi connectivity index (χ1v) is 7.53. The molecule has 0 aromatic heterocycles. The van der Waals surface area contributed by atoms with Gasteiger partial charge in [-0.1, -0.05) is 0 Å². The smallest absolute Gasteiger partial charge is 0.320 e. The third kappa shape index (κ3) is 2.90. The van der Waals surface area contributed by atoms with Crippen molar-refractivity contribution in [2.75, 3.05) is 26.2 Å². The number of aliphatic carboxylic acids is 1. The lowest BCUT2D eigenvalue weighted by Crippen LogP contribution is -2.50. The van der Waals surface area contributed by atoms with E-state index < -0.39 is 5.97 Å². The van der Waals surface area contributed by atoms with Crippen LogP contribution < -0.4 is 0 Å². The fraction of sp³-hybridized carbons (Fsp3) is 0.857. The number of nitrogens with zero attached hydrogens (tertiary/aromatic N) is 2. The molecule has 3 aliphatic heterocycles. The Morgan fingerprint density at radius 2 is 1.75 bits per heavy atom. The number of carbonyl (C=O) groups excluding carboxylic acids is 1. The number of hydrogen-bond acceptors (Lipinski definition) is 3. The lowest BCUT2D eigenvalue weighted by atomic mass is 10.0. The number of fused-ring (bicyclic) bond motifs is 2. The Kier molecular flexibility index (Phi) is 3.83. The molecule has 3 aliphatic rings. The monoisotopic (exact) mass is 282 g/mol. The Morgan fingerprint density at radius 1 is 1.05 bits per heavy atom. The zero-order valence-electron chi connectivity index (χ0n) is 11.7. The van der Waals surface area contributed by atoms with Crippen molar-refractivity contribution in [2.45, 2.75) is 44.3 Å². The zero-order chi connectivity index (χ0) is 14.1. The maximum absolute atomic E-state index is 12.5. The van der Waals surface area contributed by atoms with Gasteiger partial charge in [0.25, 0.3) is 0 Å². The number of morpholine rings is 1. The van der Waals surface area contributed by atoms with Gasteiger partial charge in [-0.15, -0.1) is 0 Å². The quantitative estimate of drug-likeness (QED) is 0.843. The minimum absolute atomic E-state index is 0.114. The Bertz CT molecular complexity index is 389. The van der Waals surface area contributed by atoms with E-state index in [-0.39, 0.29) is 24.7 Å². The van der Waals surface area contributed by atoms with E-state index in [0.29, 0.717) is 32.0 Å². The number of rotatable bonds is 3. The molecule has 1 N–H and O–H groups in total. The summed E-state index contributed by atoms with van der Waals surface area (Å²) < 4.78 is 5.75. The summed E-state index contributed by atoms with van der Waals surface area (Å²) in [6, 6.07) is 0.114. The first-order valence-electron chi connectivity index (χ1n) is 7.53. The zero-order valence-corrected chi connectivity index (χ0v) is 11.7. The summed E-state index contributed by atoms with van der Waals surface area (Å²) >= 11 is 0. The SMILES string of the molecule is O=C(O)CCC1CCN(C(=O)N2CC3CCC(C2)O3)C1. The average molecular weight is 282 g/mol. The molecule has 3 atom stereocenters. The van der Waals surface area contributed by atoms with Crippen molar-refractivity contribution in [1.82, 2.24) is 9.80 Å². The normalized spacial score (nSPS) is 32.7. The van der Waals surface area contributed by atoms with E-state index in [4.69, 9.17) is 9.84 Å². The van der Waals surface area contributed by atoms with Gasteiger partial charge in [-0.3, -0.25) is 4.79 Å². The maximum Gasteiger partial charge on any atom is 0.320 e. The summed E-state index contributed by atoms with van der Waals surface area (Å²) in [5, 5.41) is 8.72. The molecule has 6 heteroatoms. The van der Waals surface area contributed by atoms with E-state index in [1.165, 1.54) is 0 Å². The molecule has 2 amide bonds. The predicted octanol–water partition coefficient (Wildman–Crippen LogP) is 1.16. The molecule has 0 radical (unpaired) electrons. The highest BCUT2D eigenvalue weighted by molar-refractivity contribution is 5.75. The standard InChI is InChI=1S/C14H22N2O4/c17-13(18)4-1-10-5-6-15(7-10)14(19)16-8-11-2-3-12(9-16)20-11/h10-12H,1-9H2,(H,17,18). The minimum Gasteiger partial charge on any atom is -0.481 e. The van der Waals surface area contributed by atoms with Crippen molar-refractivity contribution in [3.63, 3.8) is 0 Å². The highest BCUT2D eigenvalue weighted by Gasteiger charge is 2.38. The van der Waals surface area contributed by atoms with Gasteiger partial charge in [-0.05, 0) is 31.6 Å². The van der Waals surface area contributed by atoms with Gasteiger partial charge in [0.2, 0.25) is 0 Å². The summed E-state index contributed by atoms with van der Waals surface area (Å²) in [5.41, 5.74) is 0. The highest BCUT2D eigenvalue weighted by Crippen LogP contribution is 2.28. The molecule has 0 aromatic carbocycles. The Morgan fingerprint density at radius 3 is 2.40 bits per heavy atom. The molecule has 2 bridgehead atoms. The van der Waals surface area contributed by atoms with Gasteiger partial charge in [-0.25, -0.2) is 4.79 Å². The second-order valence-corrected chi connectivity index (χ2v) is 6.18. The highest BCUT2D eigenvalue weighted by atomic mass is 16.5. The van der Waals surface area contributed by atoms with Crippen molar-refractivity contribution < 1.29 is 19.4 Å². The average Bonchev–Trinajstić information content (AvgIpc) is 3.02. The van der Waals surface area contributed by atoms with Crippen molar-refractivity contribution in [3.05, 3.63) is 0 Å². The number of urea groups is 1. The molecular weight excluding hydrogens is 260 g/mol. The molecule has 3 saturated heterocycles. The van der Waals surface area contributed by atoms with Crippen LogP contribution >= 0.6 is 0 Å². The fourth-order valence-electron chi connectivity index (χ4n) is 3.54. The lowest BCUT2D eigenvalue weighted by Gasteiger charge is -2.34. The molecule has 6 nitrogen and oxygen atoms in total. The molecule has 3 heterocycles.